The number of nitrogens with zero attached hydrogens (tertiary/aromatic N) is 1. The lowest BCUT2D eigenvalue weighted by Crippen LogP contribution is -2.07. The zero-order chi connectivity index (χ0) is 14.8. The van der Waals surface area contributed by atoms with E-state index in [9.17, 15) is 9.18 Å². The van der Waals surface area contributed by atoms with Crippen LogP contribution in [-0.2, 0) is 6.42 Å². The van der Waals surface area contributed by atoms with Crippen molar-refractivity contribution in [1.82, 2.24) is 4.98 Å². The van der Waals surface area contributed by atoms with E-state index in [2.05, 4.69) is 4.98 Å². The molecule has 4 heteroatoms. The third kappa shape index (κ3) is 2.93. The number of ketones is 1. The first-order valence-electron chi connectivity index (χ1n) is 6.46. The van der Waals surface area contributed by atoms with Crippen molar-refractivity contribution in [3.05, 3.63) is 76.7 Å². The van der Waals surface area contributed by atoms with E-state index in [1.807, 2.05) is 30.3 Å². The van der Waals surface area contributed by atoms with Crippen LogP contribution in [0.2, 0.25) is 5.02 Å². The Kier molecular flexibility index (Phi) is 3.67. The first-order chi connectivity index (χ1) is 10.1. The molecule has 0 N–H and O–H groups in total. The lowest BCUT2D eigenvalue weighted by atomic mass is 10.1. The maximum Gasteiger partial charge on any atom is 0.185 e. The molecule has 1 aromatic heterocycles. The molecule has 104 valence electrons. The van der Waals surface area contributed by atoms with E-state index in [4.69, 9.17) is 11.6 Å². The summed E-state index contributed by atoms with van der Waals surface area (Å²) in [6.07, 6.45) is -0.0334. The number of para-hydroxylation sites is 1. The summed E-state index contributed by atoms with van der Waals surface area (Å²) in [6.45, 7) is 0. The van der Waals surface area contributed by atoms with Crippen LogP contribution >= 0.6 is 11.6 Å². The molecular formula is C17H11ClFNO. The summed E-state index contributed by atoms with van der Waals surface area (Å²) in [5.41, 5.74) is 1.40. The second kappa shape index (κ2) is 5.62. The van der Waals surface area contributed by atoms with Gasteiger partial charge in [-0.15, -0.1) is 0 Å². The van der Waals surface area contributed by atoms with Crippen molar-refractivity contribution >= 4 is 28.3 Å². The predicted molar refractivity (Wildman–Crippen MR) is 81.2 cm³/mol. The van der Waals surface area contributed by atoms with Crippen molar-refractivity contribution < 1.29 is 9.18 Å². The van der Waals surface area contributed by atoms with Gasteiger partial charge >= 0.3 is 0 Å². The summed E-state index contributed by atoms with van der Waals surface area (Å²) >= 11 is 5.70. The summed E-state index contributed by atoms with van der Waals surface area (Å²) in [4.78, 5) is 16.6. The molecule has 0 bridgehead atoms. The number of halogens is 2. The van der Waals surface area contributed by atoms with E-state index in [-0.39, 0.29) is 12.2 Å². The molecule has 0 spiro atoms. The number of Topliss-reactive ketones (excluding diaryl/α,β-unsaturated/α-hetero) is 1. The normalized spacial score (nSPS) is 10.8. The summed E-state index contributed by atoms with van der Waals surface area (Å²) in [7, 11) is 0. The van der Waals surface area contributed by atoms with E-state index in [1.165, 1.54) is 12.1 Å². The average Bonchev–Trinajstić information content (AvgIpc) is 2.49. The van der Waals surface area contributed by atoms with E-state index in [0.717, 1.165) is 10.9 Å². The molecule has 3 rings (SSSR count). The fraction of sp³-hybridized carbons (Fsp3) is 0.0588. The van der Waals surface area contributed by atoms with Crippen LogP contribution in [0, 0.1) is 5.82 Å². The number of hydrogen-bond acceptors (Lipinski definition) is 2. The SMILES string of the molecule is O=C(Cc1ccc(Cl)cc1F)c1ccc2ccccc2n1. The lowest BCUT2D eigenvalue weighted by Gasteiger charge is -2.04. The Morgan fingerprint density at radius 2 is 1.90 bits per heavy atom. The van der Waals surface area contributed by atoms with Crippen molar-refractivity contribution in [3.63, 3.8) is 0 Å². The Morgan fingerprint density at radius 1 is 1.10 bits per heavy atom. The van der Waals surface area contributed by atoms with E-state index >= 15 is 0 Å². The second-order valence-electron chi connectivity index (χ2n) is 4.72. The van der Waals surface area contributed by atoms with Gasteiger partial charge in [0.1, 0.15) is 11.5 Å². The molecule has 0 aliphatic rings. The van der Waals surface area contributed by atoms with Gasteiger partial charge in [0.2, 0.25) is 0 Å². The molecule has 0 atom stereocenters. The molecule has 0 amide bonds. The van der Waals surface area contributed by atoms with Crippen LogP contribution < -0.4 is 0 Å². The highest BCUT2D eigenvalue weighted by Gasteiger charge is 2.12. The Balaban J connectivity index is 1.89. The van der Waals surface area contributed by atoms with Gasteiger partial charge < -0.3 is 0 Å². The highest BCUT2D eigenvalue weighted by Crippen LogP contribution is 2.17. The summed E-state index contributed by atoms with van der Waals surface area (Å²) < 4.78 is 13.7. The third-order valence-electron chi connectivity index (χ3n) is 3.25. The molecular weight excluding hydrogens is 289 g/mol. The van der Waals surface area contributed by atoms with Gasteiger partial charge in [-0.1, -0.05) is 41.9 Å². The molecule has 0 radical (unpaired) electrons. The standard InChI is InChI=1S/C17H11ClFNO/c18-13-7-5-12(14(19)10-13)9-17(21)16-8-6-11-3-1-2-4-15(11)20-16/h1-8,10H,9H2. The van der Waals surface area contributed by atoms with Crippen LogP contribution in [-0.4, -0.2) is 10.8 Å². The average molecular weight is 300 g/mol. The minimum atomic E-state index is -0.475. The molecule has 0 unspecified atom stereocenters. The topological polar surface area (TPSA) is 30.0 Å². The molecule has 1 heterocycles. The van der Waals surface area contributed by atoms with Crippen molar-refractivity contribution in [2.45, 2.75) is 6.42 Å². The summed E-state index contributed by atoms with van der Waals surface area (Å²) in [5, 5.41) is 1.28. The summed E-state index contributed by atoms with van der Waals surface area (Å²) in [6, 6.07) is 15.4. The van der Waals surface area contributed by atoms with Crippen LogP contribution in [0.1, 0.15) is 16.1 Å². The van der Waals surface area contributed by atoms with Crippen molar-refractivity contribution in [2.75, 3.05) is 0 Å². The molecule has 2 nitrogen and oxygen atoms in total. The van der Waals surface area contributed by atoms with Crippen LogP contribution in [0.15, 0.2) is 54.6 Å². The van der Waals surface area contributed by atoms with E-state index in [1.54, 1.807) is 12.1 Å². The fourth-order valence-corrected chi connectivity index (χ4v) is 2.31. The van der Waals surface area contributed by atoms with E-state index in [0.29, 0.717) is 16.3 Å². The molecule has 2 aromatic carbocycles. The molecule has 0 saturated heterocycles. The largest absolute Gasteiger partial charge is 0.292 e. The Hall–Kier alpha value is -2.26. The van der Waals surface area contributed by atoms with Crippen LogP contribution in [0.4, 0.5) is 4.39 Å². The van der Waals surface area contributed by atoms with Gasteiger partial charge in [0, 0.05) is 16.8 Å². The van der Waals surface area contributed by atoms with Gasteiger partial charge in [0.15, 0.2) is 5.78 Å². The zero-order valence-corrected chi connectivity index (χ0v) is 11.8. The molecule has 0 saturated carbocycles. The van der Waals surface area contributed by atoms with Gasteiger partial charge in [0.25, 0.3) is 0 Å². The Morgan fingerprint density at radius 3 is 2.71 bits per heavy atom. The molecule has 3 aromatic rings. The number of pyridine rings is 1. The zero-order valence-electron chi connectivity index (χ0n) is 11.0. The molecule has 0 aliphatic carbocycles. The summed E-state index contributed by atoms with van der Waals surface area (Å²) in [5.74, 6) is -0.696. The minimum absolute atomic E-state index is 0.0334. The van der Waals surface area contributed by atoms with Crippen molar-refractivity contribution in [2.24, 2.45) is 0 Å². The highest BCUT2D eigenvalue weighted by molar-refractivity contribution is 6.30. The lowest BCUT2D eigenvalue weighted by molar-refractivity contribution is 0.0987. The smallest absolute Gasteiger partial charge is 0.185 e. The number of carbonyl (C=O) groups excluding carboxylic acids is 1. The number of benzene rings is 2. The monoisotopic (exact) mass is 299 g/mol. The van der Waals surface area contributed by atoms with Crippen LogP contribution in [0.25, 0.3) is 10.9 Å². The van der Waals surface area contributed by atoms with Crippen LogP contribution in [0.5, 0.6) is 0 Å². The predicted octanol–water partition coefficient (Wildman–Crippen LogP) is 4.45. The Labute approximate surface area is 126 Å². The van der Waals surface area contributed by atoms with Crippen LogP contribution in [0.3, 0.4) is 0 Å². The fourth-order valence-electron chi connectivity index (χ4n) is 2.15. The second-order valence-corrected chi connectivity index (χ2v) is 5.16. The molecule has 21 heavy (non-hydrogen) atoms. The van der Waals surface area contributed by atoms with Crippen molar-refractivity contribution in [3.8, 4) is 0 Å². The van der Waals surface area contributed by atoms with Gasteiger partial charge in [-0.05, 0) is 29.8 Å². The van der Waals surface area contributed by atoms with E-state index < -0.39 is 5.82 Å². The number of fused-ring (bicyclic) bond motifs is 1. The van der Waals surface area contributed by atoms with Gasteiger partial charge in [-0.2, -0.15) is 0 Å². The number of carbonyl (C=O) groups is 1. The van der Waals surface area contributed by atoms with Gasteiger partial charge in [-0.25, -0.2) is 9.37 Å². The number of hydrogen-bond donors (Lipinski definition) is 0. The number of aromatic nitrogens is 1. The maximum absolute atomic E-state index is 13.7. The Bertz CT molecular complexity index is 832. The third-order valence-corrected chi connectivity index (χ3v) is 3.49. The highest BCUT2D eigenvalue weighted by atomic mass is 35.5. The first-order valence-corrected chi connectivity index (χ1v) is 6.84. The maximum atomic E-state index is 13.7. The number of rotatable bonds is 3. The van der Waals surface area contributed by atoms with Crippen molar-refractivity contribution in [1.29, 1.82) is 0 Å². The van der Waals surface area contributed by atoms with Gasteiger partial charge in [-0.3, -0.25) is 4.79 Å². The molecule has 0 aliphatic heterocycles. The minimum Gasteiger partial charge on any atom is -0.292 e. The first kappa shape index (κ1) is 13.7. The van der Waals surface area contributed by atoms with Gasteiger partial charge in [0.05, 0.1) is 5.52 Å². The molecule has 0 fully saturated rings. The quantitative estimate of drug-likeness (QED) is 0.669.